The Morgan fingerprint density at radius 3 is 2.91 bits per heavy atom. The predicted octanol–water partition coefficient (Wildman–Crippen LogP) is 0.954. The second-order valence-corrected chi connectivity index (χ2v) is 2.25. The van der Waals surface area contributed by atoms with Gasteiger partial charge < -0.3 is 4.42 Å². The Balaban J connectivity index is 2.08. The van der Waals surface area contributed by atoms with E-state index in [1.165, 1.54) is 6.26 Å². The number of epoxide rings is 1. The monoisotopic (exact) mass is 155 g/mol. The summed E-state index contributed by atoms with van der Waals surface area (Å²) >= 11 is 0. The van der Waals surface area contributed by atoms with Crippen LogP contribution in [0.15, 0.2) is 22.8 Å². The highest BCUT2D eigenvalue weighted by atomic mass is 16.7. The van der Waals surface area contributed by atoms with Crippen molar-refractivity contribution in [2.24, 2.45) is 0 Å². The van der Waals surface area contributed by atoms with E-state index in [1.54, 1.807) is 12.1 Å². The van der Waals surface area contributed by atoms with E-state index in [4.69, 9.17) is 9.15 Å². The van der Waals surface area contributed by atoms with Crippen LogP contribution in [0, 0.1) is 10.1 Å². The summed E-state index contributed by atoms with van der Waals surface area (Å²) < 4.78 is 9.64. The topological polar surface area (TPSA) is 68.8 Å². The van der Waals surface area contributed by atoms with Crippen LogP contribution in [-0.4, -0.2) is 11.2 Å². The Hall–Kier alpha value is -1.36. The SMILES string of the molecule is O=[N+]([O-])[C@H]1O[C@@H]1c1ccco1. The Kier molecular flexibility index (Phi) is 1.19. The zero-order chi connectivity index (χ0) is 7.84. The van der Waals surface area contributed by atoms with E-state index >= 15 is 0 Å². The highest BCUT2D eigenvalue weighted by Crippen LogP contribution is 2.38. The van der Waals surface area contributed by atoms with Gasteiger partial charge in [0.1, 0.15) is 5.76 Å². The van der Waals surface area contributed by atoms with E-state index in [2.05, 4.69) is 0 Å². The predicted molar refractivity (Wildman–Crippen MR) is 33.3 cm³/mol. The minimum atomic E-state index is -0.902. The number of hydrogen-bond acceptors (Lipinski definition) is 4. The van der Waals surface area contributed by atoms with E-state index in [0.717, 1.165) is 0 Å². The largest absolute Gasteiger partial charge is 0.466 e. The van der Waals surface area contributed by atoms with Gasteiger partial charge in [-0.25, -0.2) is 0 Å². The number of nitro groups is 1. The van der Waals surface area contributed by atoms with E-state index in [1.807, 2.05) is 0 Å². The molecule has 0 saturated carbocycles. The highest BCUT2D eigenvalue weighted by molar-refractivity contribution is 5.07. The van der Waals surface area contributed by atoms with Crippen molar-refractivity contribution < 1.29 is 14.1 Å². The van der Waals surface area contributed by atoms with E-state index in [-0.39, 0.29) is 0 Å². The summed E-state index contributed by atoms with van der Waals surface area (Å²) in [6.45, 7) is 0. The first-order valence-corrected chi connectivity index (χ1v) is 3.11. The molecule has 5 heteroatoms. The van der Waals surface area contributed by atoms with Crippen molar-refractivity contribution in [2.45, 2.75) is 12.3 Å². The van der Waals surface area contributed by atoms with E-state index in [0.29, 0.717) is 5.76 Å². The number of rotatable bonds is 2. The minimum absolute atomic E-state index is 0.465. The maximum Gasteiger partial charge on any atom is 0.350 e. The van der Waals surface area contributed by atoms with E-state index < -0.39 is 17.3 Å². The van der Waals surface area contributed by atoms with Gasteiger partial charge in [-0.2, -0.15) is 0 Å². The third kappa shape index (κ3) is 0.988. The van der Waals surface area contributed by atoms with Gasteiger partial charge in [0, 0.05) is 0 Å². The Bertz CT molecular complexity index is 268. The first-order valence-electron chi connectivity index (χ1n) is 3.11. The first-order chi connectivity index (χ1) is 5.29. The molecule has 0 aliphatic carbocycles. The van der Waals surface area contributed by atoms with Gasteiger partial charge in [-0.1, -0.05) is 0 Å². The van der Waals surface area contributed by atoms with Crippen molar-refractivity contribution in [3.8, 4) is 0 Å². The average molecular weight is 155 g/mol. The Morgan fingerprint density at radius 1 is 1.64 bits per heavy atom. The lowest BCUT2D eigenvalue weighted by atomic mass is 10.3. The molecule has 2 rings (SSSR count). The molecule has 0 N–H and O–H groups in total. The summed E-state index contributed by atoms with van der Waals surface area (Å²) in [5.41, 5.74) is 0. The van der Waals surface area contributed by atoms with Crippen LogP contribution >= 0.6 is 0 Å². The first kappa shape index (κ1) is 6.36. The van der Waals surface area contributed by atoms with Gasteiger partial charge in [0.25, 0.3) is 0 Å². The third-order valence-corrected chi connectivity index (χ3v) is 1.50. The Labute approximate surface area is 61.7 Å². The molecule has 0 amide bonds. The third-order valence-electron chi connectivity index (χ3n) is 1.50. The fourth-order valence-electron chi connectivity index (χ4n) is 0.926. The summed E-state index contributed by atoms with van der Waals surface area (Å²) in [5.74, 6) is 0.520. The molecule has 1 aromatic rings. The van der Waals surface area contributed by atoms with Crippen molar-refractivity contribution >= 4 is 0 Å². The van der Waals surface area contributed by atoms with Crippen molar-refractivity contribution in [2.75, 3.05) is 0 Å². The molecule has 0 aromatic carbocycles. The summed E-state index contributed by atoms with van der Waals surface area (Å²) in [4.78, 5) is 9.64. The number of nitrogens with zero attached hydrogens (tertiary/aromatic N) is 1. The summed E-state index contributed by atoms with van der Waals surface area (Å²) in [6.07, 6.45) is 0.0924. The van der Waals surface area contributed by atoms with Crippen LogP contribution in [-0.2, 0) is 4.74 Å². The molecule has 0 bridgehead atoms. The lowest BCUT2D eigenvalue weighted by Crippen LogP contribution is -2.02. The van der Waals surface area contributed by atoms with E-state index in [9.17, 15) is 10.1 Å². The van der Waals surface area contributed by atoms with Crippen molar-refractivity contribution in [3.05, 3.63) is 34.3 Å². The lowest BCUT2D eigenvalue weighted by molar-refractivity contribution is -0.516. The Morgan fingerprint density at radius 2 is 2.45 bits per heavy atom. The molecule has 2 heterocycles. The van der Waals surface area contributed by atoms with Gasteiger partial charge in [-0.3, -0.25) is 14.9 Å². The van der Waals surface area contributed by atoms with Crippen LogP contribution in [0.5, 0.6) is 0 Å². The van der Waals surface area contributed by atoms with Crippen LogP contribution in [0.1, 0.15) is 11.9 Å². The molecule has 58 valence electrons. The maximum atomic E-state index is 10.1. The van der Waals surface area contributed by atoms with Crippen molar-refractivity contribution in [3.63, 3.8) is 0 Å². The summed E-state index contributed by atoms with van der Waals surface area (Å²) in [7, 11) is 0. The molecule has 1 aliphatic heterocycles. The second kappa shape index (κ2) is 2.06. The zero-order valence-electron chi connectivity index (χ0n) is 5.47. The summed E-state index contributed by atoms with van der Waals surface area (Å²) in [6, 6.07) is 3.34. The smallest absolute Gasteiger partial charge is 0.350 e. The van der Waals surface area contributed by atoms with Gasteiger partial charge in [0.05, 0.1) is 11.2 Å². The van der Waals surface area contributed by atoms with Crippen molar-refractivity contribution in [1.29, 1.82) is 0 Å². The fraction of sp³-hybridized carbons (Fsp3) is 0.333. The number of hydrogen-bond donors (Lipinski definition) is 0. The molecule has 0 unspecified atom stereocenters. The zero-order valence-corrected chi connectivity index (χ0v) is 5.47. The van der Waals surface area contributed by atoms with Gasteiger partial charge in [0.15, 0.2) is 0 Å². The molecule has 11 heavy (non-hydrogen) atoms. The molecular formula is C6H5NO4. The van der Waals surface area contributed by atoms with Crippen LogP contribution < -0.4 is 0 Å². The molecule has 1 aliphatic rings. The van der Waals surface area contributed by atoms with Gasteiger partial charge in [-0.05, 0) is 12.1 Å². The number of furan rings is 1. The molecular weight excluding hydrogens is 150 g/mol. The summed E-state index contributed by atoms with van der Waals surface area (Å²) in [5, 5.41) is 10.1. The van der Waals surface area contributed by atoms with Crippen LogP contribution in [0.3, 0.4) is 0 Å². The molecule has 0 radical (unpaired) electrons. The molecule has 1 saturated heterocycles. The van der Waals surface area contributed by atoms with Gasteiger partial charge >= 0.3 is 6.23 Å². The molecule has 0 spiro atoms. The standard InChI is InChI=1S/C6H5NO4/c8-7(9)6-5(11-6)4-2-1-3-10-4/h1-3,5-6H/t5-,6+/m1/s1. The normalized spacial score (nSPS) is 28.4. The minimum Gasteiger partial charge on any atom is -0.466 e. The van der Waals surface area contributed by atoms with Gasteiger partial charge in [-0.15, -0.1) is 0 Å². The molecule has 1 fully saturated rings. The average Bonchev–Trinajstić information content (AvgIpc) is 2.60. The quantitative estimate of drug-likeness (QED) is 0.362. The van der Waals surface area contributed by atoms with Crippen LogP contribution in [0.4, 0.5) is 0 Å². The van der Waals surface area contributed by atoms with Gasteiger partial charge in [0.2, 0.25) is 6.10 Å². The molecule has 1 aromatic heterocycles. The lowest BCUT2D eigenvalue weighted by Gasteiger charge is -1.82. The number of ether oxygens (including phenoxy) is 1. The molecule has 2 atom stereocenters. The fourth-order valence-corrected chi connectivity index (χ4v) is 0.926. The molecule has 5 nitrogen and oxygen atoms in total. The van der Waals surface area contributed by atoms with Crippen LogP contribution in [0.25, 0.3) is 0 Å². The van der Waals surface area contributed by atoms with Crippen LogP contribution in [0.2, 0.25) is 0 Å². The second-order valence-electron chi connectivity index (χ2n) is 2.25. The highest BCUT2D eigenvalue weighted by Gasteiger charge is 2.53. The van der Waals surface area contributed by atoms with Crippen molar-refractivity contribution in [1.82, 2.24) is 0 Å². The maximum absolute atomic E-state index is 10.1.